The first-order valence-corrected chi connectivity index (χ1v) is 6.27. The van der Waals surface area contributed by atoms with Crippen molar-refractivity contribution in [3.05, 3.63) is 59.7 Å². The smallest absolute Gasteiger partial charge is 0.423 e. The van der Waals surface area contributed by atoms with Gasteiger partial charge in [0, 0.05) is 25.5 Å². The second-order valence-electron chi connectivity index (χ2n) is 4.79. The second kappa shape index (κ2) is 6.61. The first-order valence-electron chi connectivity index (χ1n) is 6.27. The molecule has 0 atom stereocenters. The van der Waals surface area contributed by atoms with Gasteiger partial charge in [-0.3, -0.25) is 9.88 Å². The van der Waals surface area contributed by atoms with Crippen LogP contribution in [0, 0.1) is 5.82 Å². The van der Waals surface area contributed by atoms with E-state index < -0.39 is 12.9 Å². The molecule has 0 aliphatic carbocycles. The average molecular weight is 274 g/mol. The monoisotopic (exact) mass is 274 g/mol. The molecule has 0 fully saturated rings. The number of rotatable bonds is 5. The summed E-state index contributed by atoms with van der Waals surface area (Å²) in [6, 6.07) is 7.96. The van der Waals surface area contributed by atoms with Crippen molar-refractivity contribution in [2.45, 2.75) is 13.1 Å². The van der Waals surface area contributed by atoms with Crippen LogP contribution < -0.4 is 5.46 Å². The van der Waals surface area contributed by atoms with Gasteiger partial charge in [0.2, 0.25) is 0 Å². The molecular formula is C14H16BFN2O2. The fourth-order valence-corrected chi connectivity index (χ4v) is 2.08. The average Bonchev–Trinajstić information content (AvgIpc) is 2.38. The molecule has 1 heterocycles. The lowest BCUT2D eigenvalue weighted by Gasteiger charge is -2.17. The number of hydrogen-bond acceptors (Lipinski definition) is 4. The third-order valence-corrected chi connectivity index (χ3v) is 2.93. The summed E-state index contributed by atoms with van der Waals surface area (Å²) in [5.41, 5.74) is 1.98. The topological polar surface area (TPSA) is 56.6 Å². The van der Waals surface area contributed by atoms with E-state index >= 15 is 0 Å². The predicted octanol–water partition coefficient (Wildman–Crippen LogP) is 0.532. The lowest BCUT2D eigenvalue weighted by Crippen LogP contribution is -2.31. The SMILES string of the molecule is CN(Cc1ccncc1)Cc1cc(F)cc(B(O)O)c1. The van der Waals surface area contributed by atoms with Crippen LogP contribution in [0.3, 0.4) is 0 Å². The van der Waals surface area contributed by atoms with Crippen LogP contribution in [0.1, 0.15) is 11.1 Å². The Bertz CT molecular complexity index is 566. The first-order chi connectivity index (χ1) is 9.54. The summed E-state index contributed by atoms with van der Waals surface area (Å²) < 4.78 is 13.4. The normalized spacial score (nSPS) is 10.8. The maximum atomic E-state index is 13.4. The van der Waals surface area contributed by atoms with E-state index in [2.05, 4.69) is 4.98 Å². The quantitative estimate of drug-likeness (QED) is 0.781. The molecule has 0 saturated heterocycles. The number of benzene rings is 1. The molecular weight excluding hydrogens is 258 g/mol. The maximum absolute atomic E-state index is 13.4. The standard InChI is InChI=1S/C14H16BFN2O2/c1-18(9-11-2-4-17-5-3-11)10-12-6-13(15(19)20)8-14(16)7-12/h2-8,19-20H,9-10H2,1H3. The van der Waals surface area contributed by atoms with Crippen molar-refractivity contribution in [1.82, 2.24) is 9.88 Å². The zero-order valence-electron chi connectivity index (χ0n) is 11.2. The summed E-state index contributed by atoms with van der Waals surface area (Å²) in [6.45, 7) is 1.22. The van der Waals surface area contributed by atoms with Crippen LogP contribution in [0.2, 0.25) is 0 Å². The van der Waals surface area contributed by atoms with Crippen molar-refractivity contribution in [2.75, 3.05) is 7.05 Å². The van der Waals surface area contributed by atoms with Gasteiger partial charge in [-0.1, -0.05) is 6.07 Å². The molecule has 2 N–H and O–H groups in total. The third-order valence-electron chi connectivity index (χ3n) is 2.93. The Morgan fingerprint density at radius 1 is 1.10 bits per heavy atom. The van der Waals surface area contributed by atoms with Crippen molar-refractivity contribution in [3.8, 4) is 0 Å². The van der Waals surface area contributed by atoms with E-state index in [-0.39, 0.29) is 5.46 Å². The highest BCUT2D eigenvalue weighted by Gasteiger charge is 2.13. The van der Waals surface area contributed by atoms with Gasteiger partial charge in [0.15, 0.2) is 0 Å². The Kier molecular flexibility index (Phi) is 4.84. The van der Waals surface area contributed by atoms with E-state index in [0.29, 0.717) is 18.7 Å². The van der Waals surface area contributed by atoms with Crippen LogP contribution in [0.4, 0.5) is 4.39 Å². The summed E-state index contributed by atoms with van der Waals surface area (Å²) >= 11 is 0. The summed E-state index contributed by atoms with van der Waals surface area (Å²) in [6.07, 6.45) is 3.46. The van der Waals surface area contributed by atoms with Gasteiger partial charge in [-0.25, -0.2) is 4.39 Å². The number of pyridine rings is 1. The van der Waals surface area contributed by atoms with E-state index in [1.54, 1.807) is 18.5 Å². The second-order valence-corrected chi connectivity index (χ2v) is 4.79. The van der Waals surface area contributed by atoms with Crippen LogP contribution in [0.15, 0.2) is 42.7 Å². The molecule has 0 spiro atoms. The minimum Gasteiger partial charge on any atom is -0.423 e. The fourth-order valence-electron chi connectivity index (χ4n) is 2.08. The zero-order chi connectivity index (χ0) is 14.5. The Morgan fingerprint density at radius 2 is 1.75 bits per heavy atom. The van der Waals surface area contributed by atoms with E-state index in [1.807, 2.05) is 24.1 Å². The third kappa shape index (κ3) is 4.13. The van der Waals surface area contributed by atoms with E-state index in [9.17, 15) is 4.39 Å². The minimum absolute atomic E-state index is 0.164. The van der Waals surface area contributed by atoms with Gasteiger partial charge in [-0.2, -0.15) is 0 Å². The summed E-state index contributed by atoms with van der Waals surface area (Å²) in [4.78, 5) is 5.97. The molecule has 20 heavy (non-hydrogen) atoms. The largest absolute Gasteiger partial charge is 0.488 e. The molecule has 1 aromatic carbocycles. The van der Waals surface area contributed by atoms with Crippen LogP contribution in [-0.4, -0.2) is 34.1 Å². The van der Waals surface area contributed by atoms with Crippen molar-refractivity contribution in [1.29, 1.82) is 0 Å². The fraction of sp³-hybridized carbons (Fsp3) is 0.214. The van der Waals surface area contributed by atoms with Gasteiger partial charge >= 0.3 is 7.12 Å². The Morgan fingerprint density at radius 3 is 2.40 bits per heavy atom. The van der Waals surface area contributed by atoms with Crippen LogP contribution in [0.5, 0.6) is 0 Å². The number of hydrogen-bond donors (Lipinski definition) is 2. The molecule has 0 radical (unpaired) electrons. The van der Waals surface area contributed by atoms with Crippen molar-refractivity contribution >= 4 is 12.6 Å². The lowest BCUT2D eigenvalue weighted by molar-refractivity contribution is 0.318. The maximum Gasteiger partial charge on any atom is 0.488 e. The van der Waals surface area contributed by atoms with Gasteiger partial charge in [0.1, 0.15) is 5.82 Å². The highest BCUT2D eigenvalue weighted by atomic mass is 19.1. The van der Waals surface area contributed by atoms with Crippen molar-refractivity contribution in [3.63, 3.8) is 0 Å². The van der Waals surface area contributed by atoms with Gasteiger partial charge in [0.25, 0.3) is 0 Å². The zero-order valence-corrected chi connectivity index (χ0v) is 11.2. The molecule has 0 bridgehead atoms. The molecule has 4 nitrogen and oxygen atoms in total. The van der Waals surface area contributed by atoms with Crippen LogP contribution in [-0.2, 0) is 13.1 Å². The number of halogens is 1. The highest BCUT2D eigenvalue weighted by Crippen LogP contribution is 2.08. The van der Waals surface area contributed by atoms with Crippen molar-refractivity contribution < 1.29 is 14.4 Å². The van der Waals surface area contributed by atoms with Crippen LogP contribution >= 0.6 is 0 Å². The summed E-state index contributed by atoms with van der Waals surface area (Å²) in [5.74, 6) is -0.470. The van der Waals surface area contributed by atoms with Gasteiger partial charge in [-0.05, 0) is 47.9 Å². The summed E-state index contributed by atoms with van der Waals surface area (Å²) in [7, 11) is 0.260. The Hall–Kier alpha value is -1.76. The summed E-state index contributed by atoms with van der Waals surface area (Å²) in [5, 5.41) is 18.2. The predicted molar refractivity (Wildman–Crippen MR) is 75.6 cm³/mol. The first kappa shape index (κ1) is 14.6. The molecule has 2 aromatic rings. The molecule has 104 valence electrons. The minimum atomic E-state index is -1.66. The molecule has 2 rings (SSSR count). The van der Waals surface area contributed by atoms with E-state index in [4.69, 9.17) is 10.0 Å². The Labute approximate surface area is 117 Å². The Balaban J connectivity index is 2.06. The van der Waals surface area contributed by atoms with Gasteiger partial charge in [-0.15, -0.1) is 0 Å². The molecule has 0 amide bonds. The molecule has 6 heteroatoms. The van der Waals surface area contributed by atoms with Crippen molar-refractivity contribution in [2.24, 2.45) is 0 Å². The van der Waals surface area contributed by atoms with Gasteiger partial charge < -0.3 is 10.0 Å². The van der Waals surface area contributed by atoms with E-state index in [0.717, 1.165) is 11.6 Å². The molecule has 0 aliphatic heterocycles. The molecule has 0 saturated carbocycles. The number of aromatic nitrogens is 1. The van der Waals surface area contributed by atoms with E-state index in [1.165, 1.54) is 6.07 Å². The number of nitrogens with zero attached hydrogens (tertiary/aromatic N) is 2. The van der Waals surface area contributed by atoms with Crippen LogP contribution in [0.25, 0.3) is 0 Å². The highest BCUT2D eigenvalue weighted by molar-refractivity contribution is 6.58. The lowest BCUT2D eigenvalue weighted by atomic mass is 9.79. The molecule has 0 aliphatic rings. The van der Waals surface area contributed by atoms with Gasteiger partial charge in [0.05, 0.1) is 0 Å². The molecule has 1 aromatic heterocycles. The molecule has 0 unspecified atom stereocenters.